The second-order valence-corrected chi connectivity index (χ2v) is 5.70. The molecule has 0 radical (unpaired) electrons. The monoisotopic (exact) mass is 282 g/mol. The molecule has 0 aromatic heterocycles. The summed E-state index contributed by atoms with van der Waals surface area (Å²) in [7, 11) is 2.18. The van der Waals surface area contributed by atoms with Crippen LogP contribution >= 0.6 is 0 Å². The van der Waals surface area contributed by atoms with Gasteiger partial charge < -0.3 is 9.59 Å². The molecule has 0 bridgehead atoms. The fraction of sp³-hybridized carbons (Fsp3) is 0.263. The van der Waals surface area contributed by atoms with E-state index in [1.165, 1.54) is 11.1 Å². The van der Waals surface area contributed by atoms with Gasteiger partial charge in [0.2, 0.25) is 0 Å². The summed E-state index contributed by atoms with van der Waals surface area (Å²) >= 11 is 0. The van der Waals surface area contributed by atoms with E-state index in [9.17, 15) is 5.11 Å². The Balaban J connectivity index is 2.33. The van der Waals surface area contributed by atoms with Crippen molar-refractivity contribution >= 4 is 0 Å². The smallest absolute Gasteiger partial charge is 0.138 e. The Morgan fingerprint density at radius 2 is 1.62 bits per heavy atom. The Morgan fingerprint density at radius 3 is 2.14 bits per heavy atom. The van der Waals surface area contributed by atoms with Gasteiger partial charge in [-0.2, -0.15) is 0 Å². The van der Waals surface area contributed by atoms with Crippen LogP contribution in [0.1, 0.15) is 17.2 Å². The molecule has 0 heterocycles. The van der Waals surface area contributed by atoms with Crippen LogP contribution in [0.2, 0.25) is 0 Å². The number of hydrogen-bond acceptors (Lipinski definition) is 1. The molecule has 0 aliphatic heterocycles. The van der Waals surface area contributed by atoms with Gasteiger partial charge in [0, 0.05) is 11.1 Å². The zero-order chi connectivity index (χ0) is 15.1. The van der Waals surface area contributed by atoms with Crippen LogP contribution in [0.3, 0.4) is 0 Å². The largest absolute Gasteiger partial charge is 0.390 e. The van der Waals surface area contributed by atoms with Crippen molar-refractivity contribution in [3.63, 3.8) is 0 Å². The van der Waals surface area contributed by atoms with E-state index in [1.54, 1.807) is 0 Å². The fourth-order valence-corrected chi connectivity index (χ4v) is 2.94. The number of likely N-dealkylation sites (N-methyl/N-ethyl adjacent to an activating group) is 1. The average molecular weight is 282 g/mol. The van der Waals surface area contributed by atoms with Crippen molar-refractivity contribution < 1.29 is 9.59 Å². The highest BCUT2D eigenvalue weighted by Gasteiger charge is 2.32. The first-order valence-corrected chi connectivity index (χ1v) is 7.34. The molecule has 0 aliphatic carbocycles. The van der Waals surface area contributed by atoms with Gasteiger partial charge in [-0.25, -0.2) is 0 Å². The molecule has 2 aromatic carbocycles. The van der Waals surface area contributed by atoms with E-state index in [4.69, 9.17) is 0 Å². The minimum Gasteiger partial charge on any atom is -0.390 e. The standard InChI is InChI=1S/C19H24NO/c1-3-14-20(2,15-17-10-6-4-7-11-17)19(16-21)18-12-8-5-9-13-18/h3-13,19,21H,1,14-16H2,2H3/q+1/t19-,20-/m1/s1. The lowest BCUT2D eigenvalue weighted by Crippen LogP contribution is -2.48. The van der Waals surface area contributed by atoms with Crippen LogP contribution in [0.15, 0.2) is 73.3 Å². The van der Waals surface area contributed by atoms with Crippen molar-refractivity contribution in [1.82, 2.24) is 0 Å². The number of quaternary nitrogens is 1. The van der Waals surface area contributed by atoms with Gasteiger partial charge in [0.1, 0.15) is 12.6 Å². The molecule has 2 atom stereocenters. The number of hydrogen-bond donors (Lipinski definition) is 1. The van der Waals surface area contributed by atoms with Crippen LogP contribution in [0, 0.1) is 0 Å². The van der Waals surface area contributed by atoms with Crippen molar-refractivity contribution in [1.29, 1.82) is 0 Å². The second kappa shape index (κ2) is 7.21. The Morgan fingerprint density at radius 1 is 1.05 bits per heavy atom. The minimum absolute atomic E-state index is 0.0457. The third kappa shape index (κ3) is 3.81. The molecule has 1 N–H and O–H groups in total. The maximum absolute atomic E-state index is 9.97. The summed E-state index contributed by atoms with van der Waals surface area (Å²) in [5.41, 5.74) is 2.44. The van der Waals surface area contributed by atoms with Crippen molar-refractivity contribution in [2.24, 2.45) is 0 Å². The Labute approximate surface area is 127 Å². The maximum atomic E-state index is 9.97. The van der Waals surface area contributed by atoms with E-state index in [0.29, 0.717) is 4.48 Å². The quantitative estimate of drug-likeness (QED) is 0.608. The summed E-state index contributed by atoms with van der Waals surface area (Å²) < 4.78 is 0.716. The lowest BCUT2D eigenvalue weighted by molar-refractivity contribution is -0.947. The van der Waals surface area contributed by atoms with E-state index in [-0.39, 0.29) is 12.6 Å². The highest BCUT2D eigenvalue weighted by atomic mass is 16.3. The molecule has 0 fully saturated rings. The fourth-order valence-electron chi connectivity index (χ4n) is 2.94. The third-order valence-corrected chi connectivity index (χ3v) is 4.04. The van der Waals surface area contributed by atoms with Crippen LogP contribution in [0.5, 0.6) is 0 Å². The number of aliphatic hydroxyl groups excluding tert-OH is 1. The molecular weight excluding hydrogens is 258 g/mol. The van der Waals surface area contributed by atoms with Crippen LogP contribution in [0.4, 0.5) is 0 Å². The highest BCUT2D eigenvalue weighted by molar-refractivity contribution is 5.18. The minimum atomic E-state index is 0.0457. The molecule has 0 spiro atoms. The first-order valence-electron chi connectivity index (χ1n) is 7.34. The number of benzene rings is 2. The summed E-state index contributed by atoms with van der Waals surface area (Å²) in [6, 6.07) is 20.7. The van der Waals surface area contributed by atoms with E-state index in [0.717, 1.165) is 13.1 Å². The first-order chi connectivity index (χ1) is 10.2. The van der Waals surface area contributed by atoms with Crippen molar-refractivity contribution in [2.45, 2.75) is 12.6 Å². The van der Waals surface area contributed by atoms with Gasteiger partial charge in [0.25, 0.3) is 0 Å². The highest BCUT2D eigenvalue weighted by Crippen LogP contribution is 2.29. The van der Waals surface area contributed by atoms with Crippen molar-refractivity contribution in [3.8, 4) is 0 Å². The molecule has 0 saturated carbocycles. The van der Waals surface area contributed by atoms with Crippen LogP contribution < -0.4 is 0 Å². The van der Waals surface area contributed by atoms with E-state index in [2.05, 4.69) is 50.0 Å². The molecule has 0 aliphatic rings. The number of aliphatic hydroxyl groups is 1. The zero-order valence-corrected chi connectivity index (χ0v) is 12.7. The lowest BCUT2D eigenvalue weighted by Gasteiger charge is -2.40. The topological polar surface area (TPSA) is 20.2 Å². The van der Waals surface area contributed by atoms with Gasteiger partial charge in [-0.3, -0.25) is 0 Å². The molecule has 0 amide bonds. The van der Waals surface area contributed by atoms with Gasteiger partial charge >= 0.3 is 0 Å². The molecule has 110 valence electrons. The van der Waals surface area contributed by atoms with Crippen LogP contribution in [-0.2, 0) is 6.54 Å². The number of nitrogens with zero attached hydrogens (tertiary/aromatic N) is 1. The van der Waals surface area contributed by atoms with Crippen molar-refractivity contribution in [3.05, 3.63) is 84.4 Å². The van der Waals surface area contributed by atoms with Gasteiger partial charge in [-0.15, -0.1) is 0 Å². The van der Waals surface area contributed by atoms with Crippen molar-refractivity contribution in [2.75, 3.05) is 20.2 Å². The molecule has 0 saturated heterocycles. The Bertz CT molecular complexity index is 552. The summed E-state index contributed by atoms with van der Waals surface area (Å²) in [6.07, 6.45) is 1.94. The number of rotatable bonds is 7. The van der Waals surface area contributed by atoms with Gasteiger partial charge in [-0.1, -0.05) is 67.2 Å². The maximum Gasteiger partial charge on any atom is 0.138 e. The molecule has 2 rings (SSSR count). The SMILES string of the molecule is C=CC[N@+](C)(Cc1ccccc1)[C@H](CO)c1ccccc1. The van der Waals surface area contributed by atoms with Gasteiger partial charge in [0.05, 0.1) is 20.2 Å². The molecule has 21 heavy (non-hydrogen) atoms. The van der Waals surface area contributed by atoms with E-state index < -0.39 is 0 Å². The Kier molecular flexibility index (Phi) is 5.32. The average Bonchev–Trinajstić information content (AvgIpc) is 2.50. The first kappa shape index (κ1) is 15.5. The predicted octanol–water partition coefficient (Wildman–Crippen LogP) is 3.55. The third-order valence-electron chi connectivity index (χ3n) is 4.04. The summed E-state index contributed by atoms with van der Waals surface area (Å²) in [4.78, 5) is 0. The molecule has 2 heteroatoms. The van der Waals surface area contributed by atoms with E-state index >= 15 is 0 Å². The molecule has 2 nitrogen and oxygen atoms in total. The molecule has 2 aromatic rings. The lowest BCUT2D eigenvalue weighted by atomic mass is 10.0. The van der Waals surface area contributed by atoms with Crippen LogP contribution in [-0.4, -0.2) is 29.8 Å². The molecular formula is C19H24NO+. The van der Waals surface area contributed by atoms with E-state index in [1.807, 2.05) is 30.3 Å². The van der Waals surface area contributed by atoms with Gasteiger partial charge in [-0.05, 0) is 6.08 Å². The molecule has 0 unspecified atom stereocenters. The zero-order valence-electron chi connectivity index (χ0n) is 12.7. The summed E-state index contributed by atoms with van der Waals surface area (Å²) in [5, 5.41) is 9.97. The predicted molar refractivity (Wildman–Crippen MR) is 87.7 cm³/mol. The summed E-state index contributed by atoms with van der Waals surface area (Å²) in [6.45, 7) is 5.71. The summed E-state index contributed by atoms with van der Waals surface area (Å²) in [5.74, 6) is 0. The second-order valence-electron chi connectivity index (χ2n) is 5.70. The Hall–Kier alpha value is -1.90. The normalized spacial score (nSPS) is 15.1. The van der Waals surface area contributed by atoms with Crippen LogP contribution in [0.25, 0.3) is 0 Å². The van der Waals surface area contributed by atoms with Gasteiger partial charge in [0.15, 0.2) is 0 Å².